The van der Waals surface area contributed by atoms with Crippen molar-refractivity contribution in [1.82, 2.24) is 15.1 Å². The van der Waals surface area contributed by atoms with Gasteiger partial charge in [-0.05, 0) is 19.9 Å². The van der Waals surface area contributed by atoms with Crippen molar-refractivity contribution < 1.29 is 17.6 Å². The van der Waals surface area contributed by atoms with E-state index in [9.17, 15) is 17.6 Å². The smallest absolute Gasteiger partial charge is 0.357 e. The number of hydrogen-bond acceptors (Lipinski definition) is 2. The summed E-state index contributed by atoms with van der Waals surface area (Å²) in [6.45, 7) is 5.44. The number of nitrogens with zero attached hydrogens (tertiary/aromatic N) is 3. The summed E-state index contributed by atoms with van der Waals surface area (Å²) >= 11 is 0. The Morgan fingerprint density at radius 1 is 1.19 bits per heavy atom. The van der Waals surface area contributed by atoms with Crippen molar-refractivity contribution in [3.05, 3.63) is 35.6 Å². The van der Waals surface area contributed by atoms with Crippen LogP contribution < -0.4 is 5.32 Å². The van der Waals surface area contributed by atoms with Gasteiger partial charge in [0.05, 0.1) is 6.54 Å². The van der Waals surface area contributed by atoms with Crippen molar-refractivity contribution in [2.24, 2.45) is 4.99 Å². The Balaban J connectivity index is 0.00000338. The van der Waals surface area contributed by atoms with E-state index in [0.29, 0.717) is 44.2 Å². The molecule has 2 rings (SSSR count). The lowest BCUT2D eigenvalue weighted by Crippen LogP contribution is -2.56. The van der Waals surface area contributed by atoms with Gasteiger partial charge in [0.25, 0.3) is 0 Å². The van der Waals surface area contributed by atoms with Crippen molar-refractivity contribution >= 4 is 29.9 Å². The van der Waals surface area contributed by atoms with Gasteiger partial charge in [-0.2, -0.15) is 13.2 Å². The second kappa shape index (κ2) is 10.3. The molecule has 1 saturated heterocycles. The summed E-state index contributed by atoms with van der Waals surface area (Å²) in [6.07, 6.45) is -4.22. The maximum atomic E-state index is 13.7. The SMILES string of the molecule is CCNC(=NCc1ccccc1F)N1CCN(C(C)C(F)(F)F)CC1.I. The molecule has 1 N–H and O–H groups in total. The fraction of sp³-hybridized carbons (Fsp3) is 0.588. The lowest BCUT2D eigenvalue weighted by Gasteiger charge is -2.39. The van der Waals surface area contributed by atoms with Crippen LogP contribution in [0, 0.1) is 5.82 Å². The number of halogens is 5. The molecule has 1 aliphatic rings. The highest BCUT2D eigenvalue weighted by Crippen LogP contribution is 2.25. The first-order chi connectivity index (χ1) is 11.8. The van der Waals surface area contributed by atoms with Crippen molar-refractivity contribution in [3.63, 3.8) is 0 Å². The van der Waals surface area contributed by atoms with E-state index in [4.69, 9.17) is 0 Å². The van der Waals surface area contributed by atoms with E-state index in [-0.39, 0.29) is 36.3 Å². The van der Waals surface area contributed by atoms with Crippen molar-refractivity contribution in [1.29, 1.82) is 0 Å². The quantitative estimate of drug-likeness (QED) is 0.305. The number of hydrogen-bond donors (Lipinski definition) is 1. The maximum Gasteiger partial charge on any atom is 0.403 e. The molecule has 0 saturated carbocycles. The number of piperazine rings is 1. The van der Waals surface area contributed by atoms with Gasteiger partial charge in [-0.3, -0.25) is 4.90 Å². The maximum absolute atomic E-state index is 13.7. The third-order valence-corrected chi connectivity index (χ3v) is 4.33. The summed E-state index contributed by atoms with van der Waals surface area (Å²) in [7, 11) is 0. The fourth-order valence-corrected chi connectivity index (χ4v) is 2.74. The van der Waals surface area contributed by atoms with Gasteiger partial charge >= 0.3 is 6.18 Å². The molecule has 26 heavy (non-hydrogen) atoms. The van der Waals surface area contributed by atoms with E-state index in [1.165, 1.54) is 17.9 Å². The molecule has 0 bridgehead atoms. The summed E-state index contributed by atoms with van der Waals surface area (Å²) in [5.41, 5.74) is 0.488. The monoisotopic (exact) mass is 488 g/mol. The third kappa shape index (κ3) is 6.26. The Kier molecular flexibility index (Phi) is 9.08. The lowest BCUT2D eigenvalue weighted by molar-refractivity contribution is -0.181. The zero-order chi connectivity index (χ0) is 18.4. The first-order valence-corrected chi connectivity index (χ1v) is 8.40. The summed E-state index contributed by atoms with van der Waals surface area (Å²) in [5, 5.41) is 3.13. The van der Waals surface area contributed by atoms with Gasteiger partial charge in [0, 0.05) is 38.3 Å². The number of benzene rings is 1. The van der Waals surface area contributed by atoms with Crippen LogP contribution in [-0.2, 0) is 6.54 Å². The van der Waals surface area contributed by atoms with Crippen molar-refractivity contribution in [2.45, 2.75) is 32.6 Å². The molecule has 9 heteroatoms. The Bertz CT molecular complexity index is 586. The highest BCUT2D eigenvalue weighted by molar-refractivity contribution is 14.0. The largest absolute Gasteiger partial charge is 0.403 e. The molecule has 1 unspecified atom stereocenters. The van der Waals surface area contributed by atoms with Gasteiger partial charge < -0.3 is 10.2 Å². The molecule has 1 aromatic rings. The molecule has 0 amide bonds. The number of alkyl halides is 3. The minimum Gasteiger partial charge on any atom is -0.357 e. The Hall–Kier alpha value is -1.10. The first kappa shape index (κ1) is 22.9. The topological polar surface area (TPSA) is 30.9 Å². The van der Waals surface area contributed by atoms with Crippen LogP contribution in [0.3, 0.4) is 0 Å². The second-order valence-corrected chi connectivity index (χ2v) is 6.00. The molecule has 1 fully saturated rings. The molecule has 1 atom stereocenters. The molecular formula is C17H25F4IN4. The number of rotatable bonds is 4. The molecule has 0 aliphatic carbocycles. The van der Waals surface area contributed by atoms with Crippen LogP contribution in [-0.4, -0.2) is 60.7 Å². The molecule has 1 aliphatic heterocycles. The first-order valence-electron chi connectivity index (χ1n) is 8.40. The average Bonchev–Trinajstić information content (AvgIpc) is 2.58. The normalized spacial score (nSPS) is 17.6. The van der Waals surface area contributed by atoms with Crippen LogP contribution >= 0.6 is 24.0 Å². The van der Waals surface area contributed by atoms with Crippen LogP contribution in [0.4, 0.5) is 17.6 Å². The highest BCUT2D eigenvalue weighted by atomic mass is 127. The predicted octanol–water partition coefficient (Wildman–Crippen LogP) is 3.48. The molecule has 148 valence electrons. The Morgan fingerprint density at radius 2 is 1.81 bits per heavy atom. The molecule has 0 aromatic heterocycles. The van der Waals surface area contributed by atoms with Crippen LogP contribution in [0.15, 0.2) is 29.3 Å². The Labute approximate surface area is 168 Å². The molecule has 1 aromatic carbocycles. The van der Waals surface area contributed by atoms with Crippen LogP contribution in [0.25, 0.3) is 0 Å². The average molecular weight is 488 g/mol. The van der Waals surface area contributed by atoms with Gasteiger partial charge in [0.1, 0.15) is 11.9 Å². The van der Waals surface area contributed by atoms with Crippen LogP contribution in [0.5, 0.6) is 0 Å². The zero-order valence-corrected chi connectivity index (χ0v) is 17.2. The fourth-order valence-electron chi connectivity index (χ4n) is 2.74. The Morgan fingerprint density at radius 3 is 2.35 bits per heavy atom. The number of guanidine groups is 1. The molecular weight excluding hydrogens is 463 g/mol. The van der Waals surface area contributed by atoms with E-state index < -0.39 is 12.2 Å². The van der Waals surface area contributed by atoms with E-state index >= 15 is 0 Å². The van der Waals surface area contributed by atoms with Crippen molar-refractivity contribution in [3.8, 4) is 0 Å². The number of nitrogens with one attached hydrogen (secondary N) is 1. The van der Waals surface area contributed by atoms with Crippen molar-refractivity contribution in [2.75, 3.05) is 32.7 Å². The standard InChI is InChI=1S/C17H24F4N4.HI/c1-3-22-16(23-12-14-6-4-5-7-15(14)18)25-10-8-24(9-11-25)13(2)17(19,20)21;/h4-7,13H,3,8-12H2,1-2H3,(H,22,23);1H. The third-order valence-electron chi connectivity index (χ3n) is 4.33. The lowest BCUT2D eigenvalue weighted by atomic mass is 10.2. The summed E-state index contributed by atoms with van der Waals surface area (Å²) in [5.74, 6) is 0.288. The predicted molar refractivity (Wildman–Crippen MR) is 105 cm³/mol. The number of aliphatic imine (C=N–C) groups is 1. The van der Waals surface area contributed by atoms with Gasteiger partial charge in [0.2, 0.25) is 0 Å². The van der Waals surface area contributed by atoms with E-state index in [1.807, 2.05) is 11.8 Å². The zero-order valence-electron chi connectivity index (χ0n) is 14.9. The van der Waals surface area contributed by atoms with E-state index in [0.717, 1.165) is 0 Å². The van der Waals surface area contributed by atoms with E-state index in [1.54, 1.807) is 18.2 Å². The van der Waals surface area contributed by atoms with Crippen LogP contribution in [0.1, 0.15) is 19.4 Å². The minimum absolute atomic E-state index is 0. The van der Waals surface area contributed by atoms with Gasteiger partial charge in [-0.15, -0.1) is 24.0 Å². The minimum atomic E-state index is -4.22. The van der Waals surface area contributed by atoms with E-state index in [2.05, 4.69) is 10.3 Å². The second-order valence-electron chi connectivity index (χ2n) is 6.00. The summed E-state index contributed by atoms with van der Waals surface area (Å²) in [6, 6.07) is 4.97. The van der Waals surface area contributed by atoms with Gasteiger partial charge in [-0.25, -0.2) is 9.38 Å². The van der Waals surface area contributed by atoms with Gasteiger partial charge in [0.15, 0.2) is 5.96 Å². The van der Waals surface area contributed by atoms with Crippen LogP contribution in [0.2, 0.25) is 0 Å². The molecule has 0 spiro atoms. The molecule has 0 radical (unpaired) electrons. The molecule has 4 nitrogen and oxygen atoms in total. The summed E-state index contributed by atoms with van der Waals surface area (Å²) < 4.78 is 52.2. The highest BCUT2D eigenvalue weighted by Gasteiger charge is 2.41. The molecule has 1 heterocycles. The summed E-state index contributed by atoms with van der Waals surface area (Å²) in [4.78, 5) is 7.79. The van der Waals surface area contributed by atoms with Gasteiger partial charge in [-0.1, -0.05) is 18.2 Å².